The van der Waals surface area contributed by atoms with Gasteiger partial charge in [-0.3, -0.25) is 14.4 Å². The SMILES string of the molecule is CC1(C)S[C@@H]2C(NC(=O)C(C(=O)O)c3ccsc3)C(=O)N2[C@H]1C(=O)O. The quantitative estimate of drug-likeness (QED) is 0.500. The van der Waals surface area contributed by atoms with Gasteiger partial charge in [0.15, 0.2) is 5.92 Å². The number of thioether (sulfide) groups is 1. The number of carboxylic acids is 2. The number of hydrogen-bond acceptors (Lipinski definition) is 6. The molecule has 2 aliphatic rings. The highest BCUT2D eigenvalue weighted by atomic mass is 32.2. The third-order valence-electron chi connectivity index (χ3n) is 4.36. The fraction of sp³-hybridized carbons (Fsp3) is 0.467. The molecular weight excluding hydrogens is 368 g/mol. The molecular formula is C15H16N2O6S2. The highest BCUT2D eigenvalue weighted by Crippen LogP contribution is 2.50. The summed E-state index contributed by atoms with van der Waals surface area (Å²) in [5.74, 6) is -5.08. The maximum absolute atomic E-state index is 12.4. The summed E-state index contributed by atoms with van der Waals surface area (Å²) in [6, 6.07) is -0.344. The van der Waals surface area contributed by atoms with Gasteiger partial charge in [0.25, 0.3) is 0 Å². The molecule has 2 unspecified atom stereocenters. The zero-order valence-corrected chi connectivity index (χ0v) is 15.0. The zero-order chi connectivity index (χ0) is 18.5. The van der Waals surface area contributed by atoms with Crippen LogP contribution in [0.2, 0.25) is 0 Å². The molecule has 2 amide bonds. The molecule has 3 rings (SSSR count). The number of carboxylic acid groups (broad SMARTS) is 2. The summed E-state index contributed by atoms with van der Waals surface area (Å²) in [6.45, 7) is 3.46. The van der Waals surface area contributed by atoms with E-state index in [-0.39, 0.29) is 0 Å². The topological polar surface area (TPSA) is 124 Å². The van der Waals surface area contributed by atoms with E-state index in [1.807, 2.05) is 0 Å². The number of β-lactam (4-membered cyclic amide) rings is 1. The first kappa shape index (κ1) is 17.7. The number of amides is 2. The van der Waals surface area contributed by atoms with Crippen LogP contribution < -0.4 is 5.32 Å². The van der Waals surface area contributed by atoms with Gasteiger partial charge < -0.3 is 20.4 Å². The first-order valence-electron chi connectivity index (χ1n) is 7.43. The van der Waals surface area contributed by atoms with Gasteiger partial charge in [-0.25, -0.2) is 4.79 Å². The summed E-state index contributed by atoms with van der Waals surface area (Å²) < 4.78 is -0.703. The molecule has 4 atom stereocenters. The fourth-order valence-corrected chi connectivity index (χ4v) is 5.54. The standard InChI is InChI=1S/C15H16N2O6S2/c1-15(2)9(14(22)23)17-11(19)8(12(17)25-15)16-10(18)7(13(20)21)6-3-4-24-5-6/h3-5,7-9,12H,1-2H3,(H,16,18)(H,20,21)(H,22,23)/t7?,8?,9-,12+/m0/s1. The Morgan fingerprint density at radius 2 is 2.00 bits per heavy atom. The average Bonchev–Trinajstić information content (AvgIpc) is 3.09. The summed E-state index contributed by atoms with van der Waals surface area (Å²) in [7, 11) is 0. The van der Waals surface area contributed by atoms with Crippen molar-refractivity contribution < 1.29 is 29.4 Å². The highest BCUT2D eigenvalue weighted by molar-refractivity contribution is 8.01. The Bertz CT molecular complexity index is 747. The van der Waals surface area contributed by atoms with Crippen molar-refractivity contribution in [2.45, 2.75) is 42.0 Å². The van der Waals surface area contributed by atoms with Crippen molar-refractivity contribution in [1.82, 2.24) is 10.2 Å². The zero-order valence-electron chi connectivity index (χ0n) is 13.3. The number of hydrogen-bond donors (Lipinski definition) is 3. The fourth-order valence-electron chi connectivity index (χ4n) is 3.23. The van der Waals surface area contributed by atoms with Crippen LogP contribution in [0.25, 0.3) is 0 Å². The van der Waals surface area contributed by atoms with Crippen LogP contribution in [-0.2, 0) is 19.2 Å². The number of aliphatic carboxylic acids is 2. The van der Waals surface area contributed by atoms with Crippen LogP contribution in [0.15, 0.2) is 16.8 Å². The molecule has 2 saturated heterocycles. The number of nitrogens with zero attached hydrogens (tertiary/aromatic N) is 1. The van der Waals surface area contributed by atoms with Gasteiger partial charge in [0, 0.05) is 4.75 Å². The van der Waals surface area contributed by atoms with Crippen molar-refractivity contribution in [2.24, 2.45) is 0 Å². The van der Waals surface area contributed by atoms with E-state index in [1.165, 1.54) is 28.0 Å². The van der Waals surface area contributed by atoms with Crippen molar-refractivity contribution in [1.29, 1.82) is 0 Å². The van der Waals surface area contributed by atoms with Crippen LogP contribution in [-0.4, -0.2) is 61.1 Å². The van der Waals surface area contributed by atoms with Gasteiger partial charge in [0.05, 0.1) is 0 Å². The third-order valence-corrected chi connectivity index (χ3v) is 6.63. The van der Waals surface area contributed by atoms with Gasteiger partial charge in [-0.1, -0.05) is 0 Å². The Balaban J connectivity index is 1.77. The van der Waals surface area contributed by atoms with Crippen molar-refractivity contribution in [3.8, 4) is 0 Å². The molecule has 0 spiro atoms. The van der Waals surface area contributed by atoms with Crippen molar-refractivity contribution >= 4 is 46.9 Å². The molecule has 0 aliphatic carbocycles. The van der Waals surface area contributed by atoms with Crippen LogP contribution in [0.1, 0.15) is 25.3 Å². The molecule has 10 heteroatoms. The maximum atomic E-state index is 12.4. The van der Waals surface area contributed by atoms with E-state index in [0.717, 1.165) is 0 Å². The summed E-state index contributed by atoms with van der Waals surface area (Å²) in [5, 5.41) is 23.9. The number of carbonyl (C=O) groups excluding carboxylic acids is 2. The summed E-state index contributed by atoms with van der Waals surface area (Å²) in [4.78, 5) is 48.9. The van der Waals surface area contributed by atoms with Crippen LogP contribution in [0.4, 0.5) is 0 Å². The molecule has 0 saturated carbocycles. The summed E-state index contributed by atoms with van der Waals surface area (Å²) >= 11 is 2.56. The van der Waals surface area contributed by atoms with E-state index in [0.29, 0.717) is 5.56 Å². The number of thiophene rings is 1. The molecule has 134 valence electrons. The molecule has 1 aromatic rings. The van der Waals surface area contributed by atoms with Gasteiger partial charge in [0.2, 0.25) is 11.8 Å². The number of rotatable bonds is 5. The second-order valence-electron chi connectivity index (χ2n) is 6.41. The van der Waals surface area contributed by atoms with E-state index in [1.54, 1.807) is 30.7 Å². The molecule has 1 aromatic heterocycles. The summed E-state index contributed by atoms with van der Waals surface area (Å²) in [6.07, 6.45) is 0. The predicted molar refractivity (Wildman–Crippen MR) is 90.4 cm³/mol. The Labute approximate surface area is 151 Å². The highest BCUT2D eigenvalue weighted by Gasteiger charge is 2.64. The van der Waals surface area contributed by atoms with Crippen LogP contribution in [0.5, 0.6) is 0 Å². The van der Waals surface area contributed by atoms with E-state index in [2.05, 4.69) is 5.32 Å². The van der Waals surface area contributed by atoms with Gasteiger partial charge in [-0.2, -0.15) is 11.3 Å². The molecule has 0 radical (unpaired) electrons. The van der Waals surface area contributed by atoms with Crippen molar-refractivity contribution in [3.63, 3.8) is 0 Å². The normalized spacial score (nSPS) is 28.0. The first-order chi connectivity index (χ1) is 11.6. The minimum absolute atomic E-state index is 0.349. The molecule has 3 N–H and O–H groups in total. The number of fused-ring (bicyclic) bond motifs is 1. The molecule has 2 fully saturated rings. The van der Waals surface area contributed by atoms with Gasteiger partial charge in [0.1, 0.15) is 17.5 Å². The third kappa shape index (κ3) is 2.78. The minimum atomic E-state index is -1.40. The lowest BCUT2D eigenvalue weighted by atomic mass is 9.95. The van der Waals surface area contributed by atoms with Gasteiger partial charge in [-0.15, -0.1) is 11.8 Å². The second kappa shape index (κ2) is 6.03. The monoisotopic (exact) mass is 384 g/mol. The smallest absolute Gasteiger partial charge is 0.327 e. The molecule has 25 heavy (non-hydrogen) atoms. The molecule has 0 aromatic carbocycles. The Morgan fingerprint density at radius 1 is 1.32 bits per heavy atom. The lowest BCUT2D eigenvalue weighted by Crippen LogP contribution is -2.71. The largest absolute Gasteiger partial charge is 0.480 e. The molecule has 0 bridgehead atoms. The predicted octanol–water partition coefficient (Wildman–Crippen LogP) is 0.548. The van der Waals surface area contributed by atoms with E-state index >= 15 is 0 Å². The molecule has 8 nitrogen and oxygen atoms in total. The van der Waals surface area contributed by atoms with Crippen LogP contribution >= 0.6 is 23.1 Å². The van der Waals surface area contributed by atoms with Crippen molar-refractivity contribution in [3.05, 3.63) is 22.4 Å². The second-order valence-corrected chi connectivity index (χ2v) is 8.96. The van der Waals surface area contributed by atoms with Crippen molar-refractivity contribution in [2.75, 3.05) is 0 Å². The van der Waals surface area contributed by atoms with E-state index in [9.17, 15) is 29.4 Å². The Hall–Kier alpha value is -2.07. The van der Waals surface area contributed by atoms with E-state index < -0.39 is 51.9 Å². The van der Waals surface area contributed by atoms with Gasteiger partial charge >= 0.3 is 11.9 Å². The maximum Gasteiger partial charge on any atom is 0.327 e. The average molecular weight is 384 g/mol. The Kier molecular flexibility index (Phi) is 4.28. The Morgan fingerprint density at radius 3 is 2.52 bits per heavy atom. The molecule has 3 heterocycles. The number of carbonyl (C=O) groups is 4. The lowest BCUT2D eigenvalue weighted by molar-refractivity contribution is -0.161. The summed E-state index contributed by atoms with van der Waals surface area (Å²) in [5.41, 5.74) is 0.349. The first-order valence-corrected chi connectivity index (χ1v) is 9.25. The van der Waals surface area contributed by atoms with Crippen LogP contribution in [0.3, 0.4) is 0 Å². The lowest BCUT2D eigenvalue weighted by Gasteiger charge is -2.43. The van der Waals surface area contributed by atoms with Gasteiger partial charge in [-0.05, 0) is 36.2 Å². The van der Waals surface area contributed by atoms with Crippen LogP contribution in [0, 0.1) is 0 Å². The molecule has 2 aliphatic heterocycles. The number of nitrogens with one attached hydrogen (secondary N) is 1. The van der Waals surface area contributed by atoms with E-state index in [4.69, 9.17) is 0 Å². The minimum Gasteiger partial charge on any atom is -0.480 e.